The topological polar surface area (TPSA) is 59.2 Å². The van der Waals surface area contributed by atoms with Gasteiger partial charge in [0.05, 0.1) is 10.4 Å². The minimum atomic E-state index is 0.118. The van der Waals surface area contributed by atoms with Gasteiger partial charge in [0.1, 0.15) is 4.88 Å². The number of fused-ring (bicyclic) bond motifs is 1. The van der Waals surface area contributed by atoms with Crippen molar-refractivity contribution in [1.82, 2.24) is 9.88 Å². The van der Waals surface area contributed by atoms with Crippen LogP contribution >= 0.6 is 11.3 Å². The van der Waals surface area contributed by atoms with E-state index in [2.05, 4.69) is 4.98 Å². The van der Waals surface area contributed by atoms with E-state index in [0.717, 1.165) is 23.2 Å². The molecule has 2 aliphatic carbocycles. The van der Waals surface area contributed by atoms with Crippen molar-refractivity contribution in [3.05, 3.63) is 23.3 Å². The molecule has 2 aromatic rings. The molecule has 0 radical (unpaired) electrons. The summed E-state index contributed by atoms with van der Waals surface area (Å²) in [6.07, 6.45) is 8.58. The van der Waals surface area contributed by atoms with Gasteiger partial charge in [-0.2, -0.15) is 0 Å². The summed E-state index contributed by atoms with van der Waals surface area (Å²) >= 11 is 1.48. The third-order valence-electron chi connectivity index (χ3n) is 4.36. The number of rotatable bonds is 5. The summed E-state index contributed by atoms with van der Waals surface area (Å²) < 4.78 is 0.996. The van der Waals surface area contributed by atoms with Gasteiger partial charge in [-0.05, 0) is 43.6 Å². The van der Waals surface area contributed by atoms with Crippen molar-refractivity contribution in [1.29, 1.82) is 0 Å². The molecule has 2 heterocycles. The van der Waals surface area contributed by atoms with Crippen LogP contribution in [0.25, 0.3) is 10.1 Å². The number of carbonyl (C=O) groups excluding carboxylic acids is 1. The molecule has 4 nitrogen and oxygen atoms in total. The van der Waals surface area contributed by atoms with Gasteiger partial charge in [0.25, 0.3) is 5.91 Å². The molecular weight excluding hydrogens is 282 g/mol. The van der Waals surface area contributed by atoms with E-state index in [9.17, 15) is 4.79 Å². The fraction of sp³-hybridized carbons (Fsp3) is 0.500. The molecule has 0 aliphatic heterocycles. The summed E-state index contributed by atoms with van der Waals surface area (Å²) in [5.74, 6) is 1.54. The van der Waals surface area contributed by atoms with Crippen LogP contribution in [0.1, 0.15) is 35.4 Å². The van der Waals surface area contributed by atoms with Gasteiger partial charge in [0, 0.05) is 30.9 Å². The number of thiophene rings is 1. The fourth-order valence-corrected chi connectivity index (χ4v) is 3.80. The molecule has 2 aromatic heterocycles. The molecule has 0 bridgehead atoms. The van der Waals surface area contributed by atoms with Crippen LogP contribution < -0.4 is 5.73 Å². The summed E-state index contributed by atoms with van der Waals surface area (Å²) in [5, 5.41) is 0.955. The fourth-order valence-electron chi connectivity index (χ4n) is 2.74. The number of hydrogen-bond acceptors (Lipinski definition) is 4. The zero-order valence-electron chi connectivity index (χ0n) is 11.9. The number of aromatic nitrogens is 1. The van der Waals surface area contributed by atoms with Gasteiger partial charge in [-0.15, -0.1) is 11.3 Å². The van der Waals surface area contributed by atoms with E-state index in [4.69, 9.17) is 5.73 Å². The van der Waals surface area contributed by atoms with Crippen LogP contribution in [0.3, 0.4) is 0 Å². The van der Waals surface area contributed by atoms with Crippen LogP contribution in [0.2, 0.25) is 0 Å². The molecule has 110 valence electrons. The van der Waals surface area contributed by atoms with E-state index < -0.39 is 0 Å². The molecule has 0 unspecified atom stereocenters. The molecule has 5 heteroatoms. The number of amides is 1. The molecule has 0 spiro atoms. The van der Waals surface area contributed by atoms with E-state index in [-0.39, 0.29) is 5.91 Å². The van der Waals surface area contributed by atoms with Crippen molar-refractivity contribution in [3.63, 3.8) is 0 Å². The van der Waals surface area contributed by atoms with Crippen LogP contribution in [0.4, 0.5) is 5.69 Å². The predicted octanol–water partition coefficient (Wildman–Crippen LogP) is 3.14. The van der Waals surface area contributed by atoms with E-state index in [1.807, 2.05) is 11.0 Å². The Morgan fingerprint density at radius 1 is 1.29 bits per heavy atom. The second kappa shape index (κ2) is 4.98. The third-order valence-corrected chi connectivity index (χ3v) is 5.51. The van der Waals surface area contributed by atoms with Crippen LogP contribution in [0.15, 0.2) is 18.5 Å². The van der Waals surface area contributed by atoms with Crippen LogP contribution in [-0.2, 0) is 0 Å². The second-order valence-corrected chi connectivity index (χ2v) is 7.37. The average molecular weight is 301 g/mol. The lowest BCUT2D eigenvalue weighted by molar-refractivity contribution is 0.0745. The van der Waals surface area contributed by atoms with Crippen LogP contribution in [0, 0.1) is 11.8 Å². The Bertz CT molecular complexity index is 674. The zero-order chi connectivity index (χ0) is 14.4. The average Bonchev–Trinajstić information content (AvgIpc) is 3.40. The molecule has 0 saturated heterocycles. The molecule has 2 aliphatic rings. The maximum Gasteiger partial charge on any atom is 0.266 e. The normalized spacial score (nSPS) is 18.1. The highest BCUT2D eigenvalue weighted by Crippen LogP contribution is 2.37. The number of nitrogen functional groups attached to an aromatic ring is 1. The smallest absolute Gasteiger partial charge is 0.266 e. The minimum absolute atomic E-state index is 0.118. The van der Waals surface area contributed by atoms with Gasteiger partial charge in [0.2, 0.25) is 0 Å². The highest BCUT2D eigenvalue weighted by atomic mass is 32.1. The summed E-state index contributed by atoms with van der Waals surface area (Å²) in [4.78, 5) is 19.8. The molecule has 2 saturated carbocycles. The van der Waals surface area contributed by atoms with E-state index in [1.54, 1.807) is 12.4 Å². The minimum Gasteiger partial charge on any atom is -0.397 e. The predicted molar refractivity (Wildman–Crippen MR) is 85.4 cm³/mol. The summed E-state index contributed by atoms with van der Waals surface area (Å²) in [5.41, 5.74) is 6.83. The maximum atomic E-state index is 12.9. The number of hydrogen-bond donors (Lipinski definition) is 1. The van der Waals surface area contributed by atoms with Crippen molar-refractivity contribution in [2.75, 3.05) is 18.8 Å². The van der Waals surface area contributed by atoms with Crippen molar-refractivity contribution in [2.24, 2.45) is 11.8 Å². The number of pyridine rings is 1. The second-order valence-electron chi connectivity index (χ2n) is 6.31. The molecule has 21 heavy (non-hydrogen) atoms. The largest absolute Gasteiger partial charge is 0.397 e. The van der Waals surface area contributed by atoms with Gasteiger partial charge < -0.3 is 10.6 Å². The van der Waals surface area contributed by atoms with E-state index >= 15 is 0 Å². The third kappa shape index (κ3) is 2.62. The van der Waals surface area contributed by atoms with Gasteiger partial charge in [0.15, 0.2) is 0 Å². The number of nitrogens with zero attached hydrogens (tertiary/aromatic N) is 2. The molecule has 2 N–H and O–H groups in total. The van der Waals surface area contributed by atoms with E-state index in [0.29, 0.717) is 22.4 Å². The van der Waals surface area contributed by atoms with Crippen LogP contribution in [-0.4, -0.2) is 28.9 Å². The van der Waals surface area contributed by atoms with Gasteiger partial charge in [-0.25, -0.2) is 0 Å². The van der Waals surface area contributed by atoms with Crippen molar-refractivity contribution in [2.45, 2.75) is 25.7 Å². The Hall–Kier alpha value is -1.62. The summed E-state index contributed by atoms with van der Waals surface area (Å²) in [7, 11) is 0. The standard InChI is InChI=1S/C16H19N3OS/c17-14-12-5-6-18-7-13(12)21-15(14)16(20)19(8-10-1-2-10)9-11-3-4-11/h5-7,10-11H,1-4,8-9,17H2. The van der Waals surface area contributed by atoms with Crippen molar-refractivity contribution < 1.29 is 4.79 Å². The Kier molecular flexibility index (Phi) is 3.10. The first kappa shape index (κ1) is 13.1. The molecular formula is C16H19N3OS. The van der Waals surface area contributed by atoms with E-state index in [1.165, 1.54) is 37.0 Å². The lowest BCUT2D eigenvalue weighted by Gasteiger charge is -2.22. The first-order chi connectivity index (χ1) is 10.2. The molecule has 1 amide bonds. The Balaban J connectivity index is 1.64. The van der Waals surface area contributed by atoms with Crippen molar-refractivity contribution >= 4 is 33.0 Å². The zero-order valence-corrected chi connectivity index (χ0v) is 12.7. The maximum absolute atomic E-state index is 12.9. The summed E-state index contributed by atoms with van der Waals surface area (Å²) in [6, 6.07) is 1.89. The first-order valence-corrected chi connectivity index (χ1v) is 8.45. The Morgan fingerprint density at radius 3 is 2.52 bits per heavy atom. The van der Waals surface area contributed by atoms with Crippen LogP contribution in [0.5, 0.6) is 0 Å². The van der Waals surface area contributed by atoms with Gasteiger partial charge >= 0.3 is 0 Å². The first-order valence-electron chi connectivity index (χ1n) is 7.63. The lowest BCUT2D eigenvalue weighted by atomic mass is 10.2. The Morgan fingerprint density at radius 2 is 1.95 bits per heavy atom. The molecule has 0 atom stereocenters. The molecule has 2 fully saturated rings. The highest BCUT2D eigenvalue weighted by Gasteiger charge is 2.33. The number of carbonyl (C=O) groups is 1. The summed E-state index contributed by atoms with van der Waals surface area (Å²) in [6.45, 7) is 1.81. The quantitative estimate of drug-likeness (QED) is 0.923. The highest BCUT2D eigenvalue weighted by molar-refractivity contribution is 7.21. The SMILES string of the molecule is Nc1c(C(=O)N(CC2CC2)CC2CC2)sc2cnccc12. The van der Waals surface area contributed by atoms with Gasteiger partial charge in [-0.3, -0.25) is 9.78 Å². The number of nitrogens with two attached hydrogens (primary N) is 1. The Labute approximate surface area is 128 Å². The van der Waals surface area contributed by atoms with Gasteiger partial charge in [-0.1, -0.05) is 0 Å². The molecule has 0 aromatic carbocycles. The monoisotopic (exact) mass is 301 g/mol. The lowest BCUT2D eigenvalue weighted by Crippen LogP contribution is -2.34. The molecule has 4 rings (SSSR count). The van der Waals surface area contributed by atoms with Crippen molar-refractivity contribution in [3.8, 4) is 0 Å². The number of anilines is 1.